The minimum absolute atomic E-state index is 0.0815. The van der Waals surface area contributed by atoms with E-state index < -0.39 is 0 Å². The third kappa shape index (κ3) is 3.39. The summed E-state index contributed by atoms with van der Waals surface area (Å²) in [7, 11) is 0. The van der Waals surface area contributed by atoms with E-state index in [9.17, 15) is 4.79 Å². The summed E-state index contributed by atoms with van der Waals surface area (Å²) in [5.41, 5.74) is 3.51. The summed E-state index contributed by atoms with van der Waals surface area (Å²) in [5, 5.41) is 11.2. The molecule has 1 heterocycles. The number of nitrogens with one attached hydrogen (secondary N) is 1. The molecule has 5 heteroatoms. The molecule has 1 N–H and O–H groups in total. The average Bonchev–Trinajstić information content (AvgIpc) is 2.99. The van der Waals surface area contributed by atoms with E-state index in [-0.39, 0.29) is 11.9 Å². The fraction of sp³-hybridized carbons (Fsp3) is 0.278. The van der Waals surface area contributed by atoms with Gasteiger partial charge in [0.15, 0.2) is 0 Å². The molecule has 0 saturated carbocycles. The molecule has 0 saturated heterocycles. The van der Waals surface area contributed by atoms with Gasteiger partial charge in [-0.1, -0.05) is 35.5 Å². The molecule has 0 aliphatic heterocycles. The number of hydrogen-bond acceptors (Lipinski definition) is 3. The number of nitrogens with zero attached hydrogens (tertiary/aromatic N) is 3. The lowest BCUT2D eigenvalue weighted by Gasteiger charge is -2.07. The largest absolute Gasteiger partial charge is 0.352 e. The maximum absolute atomic E-state index is 12.3. The first-order valence-corrected chi connectivity index (χ1v) is 7.82. The first-order valence-electron chi connectivity index (χ1n) is 7.82. The molecular formula is C18H20N4O. The Morgan fingerprint density at radius 1 is 1.17 bits per heavy atom. The normalized spacial score (nSPS) is 11.1. The lowest BCUT2D eigenvalue weighted by molar-refractivity contribution is 0.0954. The van der Waals surface area contributed by atoms with Crippen LogP contribution in [-0.2, 0) is 6.42 Å². The van der Waals surface area contributed by atoms with Crippen LogP contribution >= 0.6 is 0 Å². The molecule has 5 nitrogen and oxygen atoms in total. The Hall–Kier alpha value is -2.69. The fourth-order valence-corrected chi connectivity index (χ4v) is 2.53. The number of hydrogen-bond donors (Lipinski definition) is 1. The van der Waals surface area contributed by atoms with Gasteiger partial charge >= 0.3 is 0 Å². The number of benzene rings is 2. The Morgan fingerprint density at radius 2 is 1.96 bits per heavy atom. The summed E-state index contributed by atoms with van der Waals surface area (Å²) < 4.78 is 1.85. The van der Waals surface area contributed by atoms with E-state index in [0.29, 0.717) is 12.1 Å². The van der Waals surface area contributed by atoms with Crippen LogP contribution in [0.4, 0.5) is 0 Å². The zero-order valence-electron chi connectivity index (χ0n) is 13.4. The van der Waals surface area contributed by atoms with Gasteiger partial charge in [-0.15, -0.1) is 5.10 Å². The number of aromatic nitrogens is 3. The summed E-state index contributed by atoms with van der Waals surface area (Å²) in [5.74, 6) is -0.0815. The Bertz CT molecular complexity index is 808. The van der Waals surface area contributed by atoms with Crippen molar-refractivity contribution in [2.45, 2.75) is 26.3 Å². The fourth-order valence-electron chi connectivity index (χ4n) is 2.53. The van der Waals surface area contributed by atoms with Crippen LogP contribution in [0, 0.1) is 0 Å². The summed E-state index contributed by atoms with van der Waals surface area (Å²) >= 11 is 0. The molecule has 3 aromatic rings. The average molecular weight is 308 g/mol. The van der Waals surface area contributed by atoms with E-state index in [0.717, 1.165) is 17.5 Å². The van der Waals surface area contributed by atoms with Crippen molar-refractivity contribution in [3.05, 3.63) is 59.7 Å². The SMILES string of the molecule is CC(C)n1nnc2cc(C(=O)NCCc3ccccc3)ccc21. The maximum Gasteiger partial charge on any atom is 0.251 e. The first kappa shape index (κ1) is 15.2. The highest BCUT2D eigenvalue weighted by molar-refractivity contribution is 5.97. The van der Waals surface area contributed by atoms with Crippen molar-refractivity contribution in [2.75, 3.05) is 6.54 Å². The Morgan fingerprint density at radius 3 is 2.70 bits per heavy atom. The summed E-state index contributed by atoms with van der Waals surface area (Å²) in [6.45, 7) is 4.72. The Labute approximate surface area is 135 Å². The zero-order valence-corrected chi connectivity index (χ0v) is 13.4. The second-order valence-corrected chi connectivity index (χ2v) is 5.82. The molecule has 0 bridgehead atoms. The summed E-state index contributed by atoms with van der Waals surface area (Å²) in [6.07, 6.45) is 0.818. The third-order valence-electron chi connectivity index (χ3n) is 3.76. The molecule has 2 aromatic carbocycles. The minimum Gasteiger partial charge on any atom is -0.352 e. The van der Waals surface area contributed by atoms with Gasteiger partial charge in [0.05, 0.1) is 5.52 Å². The molecule has 0 radical (unpaired) electrons. The van der Waals surface area contributed by atoms with Gasteiger partial charge in [-0.05, 0) is 44.0 Å². The van der Waals surface area contributed by atoms with E-state index in [2.05, 4.69) is 41.6 Å². The van der Waals surface area contributed by atoms with Crippen LogP contribution in [0.5, 0.6) is 0 Å². The van der Waals surface area contributed by atoms with Gasteiger partial charge in [-0.25, -0.2) is 4.68 Å². The van der Waals surface area contributed by atoms with Gasteiger partial charge in [0.25, 0.3) is 5.91 Å². The quantitative estimate of drug-likeness (QED) is 0.788. The van der Waals surface area contributed by atoms with E-state index in [1.807, 2.05) is 35.0 Å². The van der Waals surface area contributed by atoms with Crippen molar-refractivity contribution in [1.29, 1.82) is 0 Å². The number of amides is 1. The van der Waals surface area contributed by atoms with Gasteiger partial charge in [0, 0.05) is 18.2 Å². The lowest BCUT2D eigenvalue weighted by atomic mass is 10.1. The van der Waals surface area contributed by atoms with Gasteiger partial charge in [0.1, 0.15) is 5.52 Å². The van der Waals surface area contributed by atoms with Crippen LogP contribution in [0.2, 0.25) is 0 Å². The van der Waals surface area contributed by atoms with E-state index in [4.69, 9.17) is 0 Å². The van der Waals surface area contributed by atoms with Gasteiger partial charge in [0.2, 0.25) is 0 Å². The van der Waals surface area contributed by atoms with Crippen LogP contribution in [0.1, 0.15) is 35.8 Å². The maximum atomic E-state index is 12.3. The summed E-state index contributed by atoms with van der Waals surface area (Å²) in [6, 6.07) is 15.9. The second kappa shape index (κ2) is 6.60. The van der Waals surface area contributed by atoms with Crippen molar-refractivity contribution >= 4 is 16.9 Å². The standard InChI is InChI=1S/C18H20N4O/c1-13(2)22-17-9-8-15(12-16(17)20-21-22)18(23)19-11-10-14-6-4-3-5-7-14/h3-9,12-13H,10-11H2,1-2H3,(H,19,23). The molecule has 23 heavy (non-hydrogen) atoms. The molecule has 0 aliphatic carbocycles. The van der Waals surface area contributed by atoms with Crippen molar-refractivity contribution in [1.82, 2.24) is 20.3 Å². The zero-order chi connectivity index (χ0) is 16.2. The molecule has 3 rings (SSSR count). The second-order valence-electron chi connectivity index (χ2n) is 5.82. The predicted molar refractivity (Wildman–Crippen MR) is 90.4 cm³/mol. The smallest absolute Gasteiger partial charge is 0.251 e. The third-order valence-corrected chi connectivity index (χ3v) is 3.76. The van der Waals surface area contributed by atoms with Crippen molar-refractivity contribution in [3.8, 4) is 0 Å². The highest BCUT2D eigenvalue weighted by Crippen LogP contribution is 2.17. The van der Waals surface area contributed by atoms with Crippen LogP contribution in [0.3, 0.4) is 0 Å². The topological polar surface area (TPSA) is 59.8 Å². The number of carbonyl (C=O) groups is 1. The highest BCUT2D eigenvalue weighted by atomic mass is 16.1. The number of rotatable bonds is 5. The predicted octanol–water partition coefficient (Wildman–Crippen LogP) is 2.98. The monoisotopic (exact) mass is 308 g/mol. The van der Waals surface area contributed by atoms with E-state index in [1.54, 1.807) is 6.07 Å². The minimum atomic E-state index is -0.0815. The van der Waals surface area contributed by atoms with Crippen LogP contribution < -0.4 is 5.32 Å². The first-order chi connectivity index (χ1) is 11.1. The Balaban J connectivity index is 1.66. The van der Waals surface area contributed by atoms with E-state index in [1.165, 1.54) is 5.56 Å². The van der Waals surface area contributed by atoms with Crippen molar-refractivity contribution in [3.63, 3.8) is 0 Å². The molecule has 0 aliphatic rings. The lowest BCUT2D eigenvalue weighted by Crippen LogP contribution is -2.25. The number of carbonyl (C=O) groups excluding carboxylic acids is 1. The highest BCUT2D eigenvalue weighted by Gasteiger charge is 2.11. The van der Waals surface area contributed by atoms with Crippen LogP contribution in [0.15, 0.2) is 48.5 Å². The molecule has 1 aromatic heterocycles. The molecule has 0 spiro atoms. The van der Waals surface area contributed by atoms with Crippen LogP contribution in [0.25, 0.3) is 11.0 Å². The molecule has 1 amide bonds. The van der Waals surface area contributed by atoms with Gasteiger partial charge in [-0.3, -0.25) is 4.79 Å². The van der Waals surface area contributed by atoms with Gasteiger partial charge in [-0.2, -0.15) is 0 Å². The summed E-state index contributed by atoms with van der Waals surface area (Å²) in [4.78, 5) is 12.3. The molecular weight excluding hydrogens is 288 g/mol. The van der Waals surface area contributed by atoms with Crippen molar-refractivity contribution < 1.29 is 4.79 Å². The molecule has 118 valence electrons. The Kier molecular flexibility index (Phi) is 4.37. The van der Waals surface area contributed by atoms with Gasteiger partial charge < -0.3 is 5.32 Å². The molecule has 0 fully saturated rings. The molecule has 0 atom stereocenters. The van der Waals surface area contributed by atoms with E-state index >= 15 is 0 Å². The molecule has 0 unspecified atom stereocenters. The number of fused-ring (bicyclic) bond motifs is 1. The van der Waals surface area contributed by atoms with Crippen molar-refractivity contribution in [2.24, 2.45) is 0 Å². The van der Waals surface area contributed by atoms with Crippen LogP contribution in [-0.4, -0.2) is 27.4 Å².